The van der Waals surface area contributed by atoms with Gasteiger partial charge < -0.3 is 9.63 Å². The fourth-order valence-electron chi connectivity index (χ4n) is 2.29. The lowest BCUT2D eigenvalue weighted by Gasteiger charge is -2.10. The number of aromatic hydroxyl groups is 1. The molecule has 3 rings (SSSR count). The topological polar surface area (TPSA) is 59.2 Å². The van der Waals surface area contributed by atoms with Crippen molar-refractivity contribution in [3.05, 3.63) is 29.6 Å². The summed E-state index contributed by atoms with van der Waals surface area (Å²) in [6, 6.07) is 2.77. The Morgan fingerprint density at radius 3 is 2.67 bits per heavy atom. The van der Waals surface area contributed by atoms with Crippen molar-refractivity contribution in [2.24, 2.45) is 5.92 Å². The van der Waals surface area contributed by atoms with E-state index in [-0.39, 0.29) is 23.1 Å². The molecule has 1 atom stereocenters. The maximum absolute atomic E-state index is 13.0. The van der Waals surface area contributed by atoms with Crippen molar-refractivity contribution in [2.75, 3.05) is 0 Å². The molecule has 1 unspecified atom stereocenters. The molecule has 0 bridgehead atoms. The number of phenolic OH excluding ortho intramolecular Hbond substituents is 1. The molecular formula is C14H13F3N2O2. The molecule has 1 saturated carbocycles. The second kappa shape index (κ2) is 4.75. The Morgan fingerprint density at radius 2 is 2.05 bits per heavy atom. The van der Waals surface area contributed by atoms with Gasteiger partial charge in [-0.05, 0) is 37.0 Å². The van der Waals surface area contributed by atoms with Crippen LogP contribution < -0.4 is 0 Å². The van der Waals surface area contributed by atoms with Crippen LogP contribution >= 0.6 is 0 Å². The number of alkyl halides is 3. The molecule has 0 aliphatic heterocycles. The van der Waals surface area contributed by atoms with Crippen LogP contribution in [0.5, 0.6) is 5.75 Å². The van der Waals surface area contributed by atoms with Gasteiger partial charge in [-0.1, -0.05) is 12.1 Å². The molecule has 7 heteroatoms. The van der Waals surface area contributed by atoms with Crippen LogP contribution in [0.1, 0.15) is 37.1 Å². The third-order valence-corrected chi connectivity index (χ3v) is 3.72. The quantitative estimate of drug-likeness (QED) is 0.931. The van der Waals surface area contributed by atoms with E-state index < -0.39 is 11.7 Å². The number of halogens is 3. The summed E-state index contributed by atoms with van der Waals surface area (Å²) in [6.07, 6.45) is -2.41. The molecule has 1 aliphatic carbocycles. The van der Waals surface area contributed by atoms with Gasteiger partial charge in [-0.3, -0.25) is 0 Å². The van der Waals surface area contributed by atoms with E-state index in [0.29, 0.717) is 11.7 Å². The van der Waals surface area contributed by atoms with E-state index in [9.17, 15) is 18.3 Å². The summed E-state index contributed by atoms with van der Waals surface area (Å²) < 4.78 is 44.0. The summed E-state index contributed by atoms with van der Waals surface area (Å²) in [4.78, 5) is 4.07. The van der Waals surface area contributed by atoms with Gasteiger partial charge in [0.2, 0.25) is 0 Å². The zero-order valence-corrected chi connectivity index (χ0v) is 11.2. The van der Waals surface area contributed by atoms with Crippen LogP contribution in [0.25, 0.3) is 11.5 Å². The zero-order chi connectivity index (χ0) is 15.2. The van der Waals surface area contributed by atoms with Gasteiger partial charge >= 0.3 is 6.18 Å². The molecule has 1 heterocycles. The molecule has 4 nitrogen and oxygen atoms in total. The standard InChI is InChI=1S/C14H13F3N2O2/c1-7(8-2-3-8)12-18-13(21-19-12)10-6-9(20)4-5-11(10)14(15,16)17/h4-8,20H,2-3H2,1H3. The maximum atomic E-state index is 13.0. The van der Waals surface area contributed by atoms with E-state index in [2.05, 4.69) is 10.1 Å². The number of rotatable bonds is 3. The van der Waals surface area contributed by atoms with Crippen molar-refractivity contribution >= 4 is 0 Å². The Balaban J connectivity index is 2.01. The largest absolute Gasteiger partial charge is 0.508 e. The first-order valence-electron chi connectivity index (χ1n) is 6.60. The zero-order valence-electron chi connectivity index (χ0n) is 11.2. The minimum Gasteiger partial charge on any atom is -0.508 e. The molecular weight excluding hydrogens is 285 g/mol. The molecule has 112 valence electrons. The summed E-state index contributed by atoms with van der Waals surface area (Å²) in [6.45, 7) is 1.93. The fourth-order valence-corrected chi connectivity index (χ4v) is 2.29. The predicted molar refractivity (Wildman–Crippen MR) is 67.5 cm³/mol. The Hall–Kier alpha value is -2.05. The van der Waals surface area contributed by atoms with Crippen LogP contribution in [-0.4, -0.2) is 15.2 Å². The lowest BCUT2D eigenvalue weighted by atomic mass is 10.1. The van der Waals surface area contributed by atoms with Gasteiger partial charge in [0, 0.05) is 5.92 Å². The smallest absolute Gasteiger partial charge is 0.417 e. The summed E-state index contributed by atoms with van der Waals surface area (Å²) in [7, 11) is 0. The van der Waals surface area contributed by atoms with Gasteiger partial charge in [0.25, 0.3) is 5.89 Å². The first-order chi connectivity index (χ1) is 9.86. The molecule has 1 aromatic carbocycles. The van der Waals surface area contributed by atoms with Crippen LogP contribution in [0.3, 0.4) is 0 Å². The van der Waals surface area contributed by atoms with E-state index in [1.165, 1.54) is 0 Å². The van der Waals surface area contributed by atoms with Gasteiger partial charge in [-0.15, -0.1) is 0 Å². The number of aromatic nitrogens is 2. The van der Waals surface area contributed by atoms with E-state index in [1.807, 2.05) is 6.92 Å². The average molecular weight is 298 g/mol. The van der Waals surface area contributed by atoms with Gasteiger partial charge in [-0.2, -0.15) is 18.2 Å². The van der Waals surface area contributed by atoms with Crippen LogP contribution in [0.2, 0.25) is 0 Å². The summed E-state index contributed by atoms with van der Waals surface area (Å²) >= 11 is 0. The molecule has 21 heavy (non-hydrogen) atoms. The number of benzene rings is 1. The second-order valence-corrected chi connectivity index (χ2v) is 5.31. The lowest BCUT2D eigenvalue weighted by Crippen LogP contribution is -2.07. The van der Waals surface area contributed by atoms with Gasteiger partial charge in [0.15, 0.2) is 5.82 Å². The highest BCUT2D eigenvalue weighted by molar-refractivity contribution is 5.62. The number of phenols is 1. The molecule has 0 saturated heterocycles. The van der Waals surface area contributed by atoms with Crippen molar-refractivity contribution in [3.63, 3.8) is 0 Å². The molecule has 0 radical (unpaired) electrons. The average Bonchev–Trinajstić information content (AvgIpc) is 3.13. The monoisotopic (exact) mass is 298 g/mol. The lowest BCUT2D eigenvalue weighted by molar-refractivity contribution is -0.137. The van der Waals surface area contributed by atoms with Crippen LogP contribution in [-0.2, 0) is 6.18 Å². The Labute approximate surface area is 118 Å². The number of hydrogen-bond donors (Lipinski definition) is 1. The van der Waals surface area contributed by atoms with Crippen LogP contribution in [0.4, 0.5) is 13.2 Å². The Morgan fingerprint density at radius 1 is 1.33 bits per heavy atom. The number of nitrogens with zero attached hydrogens (tertiary/aromatic N) is 2. The summed E-state index contributed by atoms with van der Waals surface area (Å²) in [5.41, 5.74) is -1.21. The van der Waals surface area contributed by atoms with Crippen molar-refractivity contribution in [1.82, 2.24) is 10.1 Å². The fraction of sp³-hybridized carbons (Fsp3) is 0.429. The SMILES string of the molecule is CC(c1noc(-c2cc(O)ccc2C(F)(F)F)n1)C1CC1. The molecule has 1 aromatic heterocycles. The Bertz CT molecular complexity index is 662. The number of hydrogen-bond acceptors (Lipinski definition) is 4. The van der Waals surface area contributed by atoms with E-state index in [0.717, 1.165) is 31.0 Å². The first-order valence-corrected chi connectivity index (χ1v) is 6.60. The molecule has 1 fully saturated rings. The van der Waals surface area contributed by atoms with E-state index in [1.54, 1.807) is 0 Å². The first kappa shape index (κ1) is 13.9. The highest BCUT2D eigenvalue weighted by Crippen LogP contribution is 2.42. The van der Waals surface area contributed by atoms with Crippen LogP contribution in [0.15, 0.2) is 22.7 Å². The van der Waals surface area contributed by atoms with Crippen molar-refractivity contribution < 1.29 is 22.8 Å². The van der Waals surface area contributed by atoms with Crippen molar-refractivity contribution in [2.45, 2.75) is 31.9 Å². The van der Waals surface area contributed by atoms with E-state index >= 15 is 0 Å². The molecule has 1 N–H and O–H groups in total. The molecule has 0 amide bonds. The molecule has 2 aromatic rings. The maximum Gasteiger partial charge on any atom is 0.417 e. The molecule has 1 aliphatic rings. The highest BCUT2D eigenvalue weighted by atomic mass is 19.4. The Kier molecular flexibility index (Phi) is 3.15. The third-order valence-electron chi connectivity index (χ3n) is 3.72. The normalized spacial score (nSPS) is 17.0. The highest BCUT2D eigenvalue weighted by Gasteiger charge is 2.36. The summed E-state index contributed by atoms with van der Waals surface area (Å²) in [5.74, 6) is 0.438. The van der Waals surface area contributed by atoms with Crippen molar-refractivity contribution in [1.29, 1.82) is 0 Å². The summed E-state index contributed by atoms with van der Waals surface area (Å²) in [5, 5.41) is 13.2. The van der Waals surface area contributed by atoms with Crippen LogP contribution in [0, 0.1) is 5.92 Å². The minimum atomic E-state index is -4.56. The predicted octanol–water partition coefficient (Wildman–Crippen LogP) is 3.97. The van der Waals surface area contributed by atoms with Gasteiger partial charge in [0.05, 0.1) is 11.1 Å². The molecule has 0 spiro atoms. The van der Waals surface area contributed by atoms with Crippen molar-refractivity contribution in [3.8, 4) is 17.2 Å². The minimum absolute atomic E-state index is 0.0640. The third kappa shape index (κ3) is 2.72. The second-order valence-electron chi connectivity index (χ2n) is 5.31. The van der Waals surface area contributed by atoms with Gasteiger partial charge in [-0.25, -0.2) is 0 Å². The van der Waals surface area contributed by atoms with Gasteiger partial charge in [0.1, 0.15) is 5.75 Å². The van der Waals surface area contributed by atoms with E-state index in [4.69, 9.17) is 4.52 Å².